The number of benzene rings is 1. The number of halogens is 1. The van der Waals surface area contributed by atoms with E-state index in [0.717, 1.165) is 18.4 Å². The quantitative estimate of drug-likeness (QED) is 0.926. The van der Waals surface area contributed by atoms with Crippen molar-refractivity contribution in [3.63, 3.8) is 0 Å². The summed E-state index contributed by atoms with van der Waals surface area (Å²) in [6.45, 7) is 1.78. The van der Waals surface area contributed by atoms with Crippen LogP contribution in [0, 0.1) is 0 Å². The number of thioether (sulfide) groups is 1. The Hall–Kier alpha value is -1.20. The first kappa shape index (κ1) is 14.7. The lowest BCUT2D eigenvalue weighted by molar-refractivity contribution is -0.137. The molecule has 2 aliphatic rings. The van der Waals surface area contributed by atoms with Gasteiger partial charge in [-0.1, -0.05) is 29.8 Å². The molecule has 2 fully saturated rings. The van der Waals surface area contributed by atoms with Gasteiger partial charge in [-0.05, 0) is 25.8 Å². The minimum atomic E-state index is -0.477. The van der Waals surface area contributed by atoms with Crippen LogP contribution in [-0.2, 0) is 9.59 Å². The average Bonchev–Trinajstić information content (AvgIpc) is 3.19. The molecule has 1 heterocycles. The van der Waals surface area contributed by atoms with Crippen LogP contribution < -0.4 is 5.32 Å². The first-order valence-electron chi connectivity index (χ1n) is 7.05. The summed E-state index contributed by atoms with van der Waals surface area (Å²) < 4.78 is 0. The van der Waals surface area contributed by atoms with Gasteiger partial charge in [0, 0.05) is 16.6 Å². The summed E-state index contributed by atoms with van der Waals surface area (Å²) in [7, 11) is 0. The molecule has 0 radical (unpaired) electrons. The smallest absolute Gasteiger partial charge is 0.242 e. The Bertz CT molecular complexity index is 577. The maximum Gasteiger partial charge on any atom is 0.242 e. The van der Waals surface area contributed by atoms with Gasteiger partial charge >= 0.3 is 0 Å². The molecule has 21 heavy (non-hydrogen) atoms. The van der Waals surface area contributed by atoms with Gasteiger partial charge in [-0.15, -0.1) is 11.8 Å². The van der Waals surface area contributed by atoms with Crippen LogP contribution in [0.25, 0.3) is 0 Å². The fourth-order valence-corrected chi connectivity index (χ4v) is 4.04. The number of nitrogens with one attached hydrogen (secondary N) is 1. The molecule has 1 saturated carbocycles. The van der Waals surface area contributed by atoms with Crippen LogP contribution in [0.2, 0.25) is 5.02 Å². The van der Waals surface area contributed by atoms with E-state index in [0.29, 0.717) is 16.8 Å². The van der Waals surface area contributed by atoms with E-state index in [1.54, 1.807) is 11.8 Å². The van der Waals surface area contributed by atoms with Crippen molar-refractivity contribution < 1.29 is 9.59 Å². The number of amides is 2. The van der Waals surface area contributed by atoms with E-state index in [2.05, 4.69) is 5.32 Å². The number of hydrogen-bond donors (Lipinski definition) is 1. The highest BCUT2D eigenvalue weighted by atomic mass is 35.5. The van der Waals surface area contributed by atoms with Crippen LogP contribution in [0.4, 0.5) is 0 Å². The van der Waals surface area contributed by atoms with Crippen LogP contribution in [0.5, 0.6) is 0 Å². The van der Waals surface area contributed by atoms with Gasteiger partial charge in [-0.2, -0.15) is 0 Å². The number of rotatable bonds is 4. The molecule has 0 unspecified atom stereocenters. The Morgan fingerprint density at radius 3 is 2.81 bits per heavy atom. The molecule has 4 nitrogen and oxygen atoms in total. The van der Waals surface area contributed by atoms with Gasteiger partial charge in [0.2, 0.25) is 11.8 Å². The second-order valence-corrected chi connectivity index (χ2v) is 6.92. The van der Waals surface area contributed by atoms with E-state index in [1.807, 2.05) is 24.3 Å². The van der Waals surface area contributed by atoms with Crippen LogP contribution in [-0.4, -0.2) is 34.6 Å². The van der Waals surface area contributed by atoms with Crippen LogP contribution in [0.15, 0.2) is 24.3 Å². The minimum Gasteiger partial charge on any atom is -0.352 e. The molecule has 2 atom stereocenters. The van der Waals surface area contributed by atoms with Gasteiger partial charge in [0.1, 0.15) is 11.4 Å². The predicted molar refractivity (Wildman–Crippen MR) is 84.1 cm³/mol. The number of carbonyl (C=O) groups is 2. The highest BCUT2D eigenvalue weighted by Gasteiger charge is 2.40. The van der Waals surface area contributed by atoms with Crippen molar-refractivity contribution in [3.8, 4) is 0 Å². The lowest BCUT2D eigenvalue weighted by Crippen LogP contribution is -2.47. The average molecular weight is 325 g/mol. The maximum absolute atomic E-state index is 12.2. The first-order valence-corrected chi connectivity index (χ1v) is 8.48. The van der Waals surface area contributed by atoms with Crippen molar-refractivity contribution in [2.75, 3.05) is 5.75 Å². The third kappa shape index (κ3) is 3.04. The number of nitrogens with zero attached hydrogens (tertiary/aromatic N) is 1. The molecule has 6 heteroatoms. The van der Waals surface area contributed by atoms with E-state index >= 15 is 0 Å². The molecule has 3 rings (SSSR count). The van der Waals surface area contributed by atoms with E-state index in [4.69, 9.17) is 11.6 Å². The molecule has 0 spiro atoms. The summed E-state index contributed by atoms with van der Waals surface area (Å²) in [6, 6.07) is 7.31. The second-order valence-electron chi connectivity index (χ2n) is 5.44. The van der Waals surface area contributed by atoms with Gasteiger partial charge in [-0.25, -0.2) is 0 Å². The summed E-state index contributed by atoms with van der Waals surface area (Å²) in [4.78, 5) is 26.1. The Balaban J connectivity index is 1.82. The highest BCUT2D eigenvalue weighted by molar-refractivity contribution is 8.00. The first-order chi connectivity index (χ1) is 10.1. The van der Waals surface area contributed by atoms with E-state index < -0.39 is 6.04 Å². The Kier molecular flexibility index (Phi) is 4.13. The molecular weight excluding hydrogens is 308 g/mol. The predicted octanol–water partition coefficient (Wildman–Crippen LogP) is 2.58. The van der Waals surface area contributed by atoms with Gasteiger partial charge in [-0.3, -0.25) is 9.59 Å². The summed E-state index contributed by atoms with van der Waals surface area (Å²) in [6.07, 6.45) is 2.07. The Morgan fingerprint density at radius 2 is 2.14 bits per heavy atom. The zero-order chi connectivity index (χ0) is 15.0. The van der Waals surface area contributed by atoms with Crippen molar-refractivity contribution in [1.82, 2.24) is 10.2 Å². The molecule has 1 N–H and O–H groups in total. The standard InChI is InChI=1S/C15H17ClN2O2S/c1-9(14(20)17-10-6-7-10)18-13(19)8-21-15(18)11-4-2-3-5-12(11)16/h2-5,9-10,15H,6-8H2,1H3,(H,17,20)/t9-,15-/m1/s1. The lowest BCUT2D eigenvalue weighted by atomic mass is 10.1. The molecular formula is C15H17ClN2O2S. The van der Waals surface area contributed by atoms with Crippen molar-refractivity contribution >= 4 is 35.2 Å². The summed E-state index contributed by atoms with van der Waals surface area (Å²) in [5.41, 5.74) is 0.890. The van der Waals surface area contributed by atoms with Crippen molar-refractivity contribution in [2.45, 2.75) is 37.2 Å². The molecule has 0 bridgehead atoms. The highest BCUT2D eigenvalue weighted by Crippen LogP contribution is 2.42. The second kappa shape index (κ2) is 5.89. The van der Waals surface area contributed by atoms with Crippen LogP contribution >= 0.6 is 23.4 Å². The zero-order valence-electron chi connectivity index (χ0n) is 11.7. The fourth-order valence-electron chi connectivity index (χ4n) is 2.45. The minimum absolute atomic E-state index is 0.0108. The normalized spacial score (nSPS) is 23.2. The van der Waals surface area contributed by atoms with E-state index in [1.165, 1.54) is 11.8 Å². The monoisotopic (exact) mass is 324 g/mol. The van der Waals surface area contributed by atoms with Gasteiger partial charge in [0.25, 0.3) is 0 Å². The van der Waals surface area contributed by atoms with Crippen molar-refractivity contribution in [3.05, 3.63) is 34.9 Å². The Labute approximate surface area is 133 Å². The molecule has 2 amide bonds. The number of carbonyl (C=O) groups excluding carboxylic acids is 2. The molecule has 1 aliphatic heterocycles. The van der Waals surface area contributed by atoms with Crippen LogP contribution in [0.1, 0.15) is 30.7 Å². The lowest BCUT2D eigenvalue weighted by Gasteiger charge is -2.30. The maximum atomic E-state index is 12.2. The van der Waals surface area contributed by atoms with Gasteiger partial charge in [0.05, 0.1) is 5.75 Å². The topological polar surface area (TPSA) is 49.4 Å². The van der Waals surface area contributed by atoms with E-state index in [-0.39, 0.29) is 17.2 Å². The molecule has 1 saturated heterocycles. The molecule has 1 aromatic rings. The molecule has 0 aromatic heterocycles. The number of hydrogen-bond acceptors (Lipinski definition) is 3. The largest absolute Gasteiger partial charge is 0.352 e. The molecule has 112 valence electrons. The third-order valence-corrected chi connectivity index (χ3v) is 5.35. The fraction of sp³-hybridized carbons (Fsp3) is 0.467. The summed E-state index contributed by atoms with van der Waals surface area (Å²) in [5, 5.41) is 3.40. The van der Waals surface area contributed by atoms with Crippen LogP contribution in [0.3, 0.4) is 0 Å². The van der Waals surface area contributed by atoms with Crippen molar-refractivity contribution in [1.29, 1.82) is 0 Å². The molecule has 1 aliphatic carbocycles. The Morgan fingerprint density at radius 1 is 1.43 bits per heavy atom. The zero-order valence-corrected chi connectivity index (χ0v) is 13.3. The molecule has 1 aromatic carbocycles. The van der Waals surface area contributed by atoms with E-state index in [9.17, 15) is 9.59 Å². The summed E-state index contributed by atoms with van der Waals surface area (Å²) >= 11 is 7.76. The third-order valence-electron chi connectivity index (χ3n) is 3.80. The van der Waals surface area contributed by atoms with Gasteiger partial charge < -0.3 is 10.2 Å². The SMILES string of the molecule is C[C@H](C(=O)NC1CC1)N1C(=O)CS[C@@H]1c1ccccc1Cl. The van der Waals surface area contributed by atoms with Crippen molar-refractivity contribution in [2.24, 2.45) is 0 Å². The summed E-state index contributed by atoms with van der Waals surface area (Å²) in [5.74, 6) is 0.297. The van der Waals surface area contributed by atoms with Gasteiger partial charge in [0.15, 0.2) is 0 Å².